The Hall–Kier alpha value is -3.05. The first-order chi connectivity index (χ1) is 17.7. The first-order valence-corrected chi connectivity index (χ1v) is 14.4. The molecule has 4 rings (SSSR count). The van der Waals surface area contributed by atoms with E-state index in [0.29, 0.717) is 10.6 Å². The number of hydrogen-bond acceptors (Lipinski definition) is 8. The van der Waals surface area contributed by atoms with Crippen LogP contribution in [0.2, 0.25) is 0 Å². The summed E-state index contributed by atoms with van der Waals surface area (Å²) in [5.41, 5.74) is 2.23. The zero-order chi connectivity index (χ0) is 26.6. The van der Waals surface area contributed by atoms with Gasteiger partial charge in [-0.1, -0.05) is 42.5 Å². The number of anilines is 1. The zero-order valence-electron chi connectivity index (χ0n) is 21.0. The molecule has 1 aliphatic heterocycles. The van der Waals surface area contributed by atoms with Crippen LogP contribution in [0.25, 0.3) is 11.1 Å². The molecule has 1 aliphatic rings. The van der Waals surface area contributed by atoms with Gasteiger partial charge in [-0.05, 0) is 38.5 Å². The summed E-state index contributed by atoms with van der Waals surface area (Å²) in [6.45, 7) is 6.03. The monoisotopic (exact) mass is 542 g/mol. The summed E-state index contributed by atoms with van der Waals surface area (Å²) in [7, 11) is -3.78. The van der Waals surface area contributed by atoms with Crippen LogP contribution in [0.3, 0.4) is 0 Å². The lowest BCUT2D eigenvalue weighted by atomic mass is 10.0. The van der Waals surface area contributed by atoms with Gasteiger partial charge in [0.25, 0.3) is 0 Å². The average Bonchev–Trinajstić information content (AvgIpc) is 3.31. The van der Waals surface area contributed by atoms with Crippen molar-refractivity contribution in [3.63, 3.8) is 0 Å². The van der Waals surface area contributed by atoms with Crippen molar-refractivity contribution < 1.29 is 27.5 Å². The van der Waals surface area contributed by atoms with E-state index in [1.165, 1.54) is 27.8 Å². The molecule has 0 bridgehead atoms. The minimum Gasteiger partial charge on any atom is -0.462 e. The number of ether oxygens (including phenoxy) is 2. The number of hydrogen-bond donors (Lipinski definition) is 1. The van der Waals surface area contributed by atoms with Crippen LogP contribution < -0.4 is 5.32 Å². The Labute approximate surface area is 221 Å². The Morgan fingerprint density at radius 3 is 2.46 bits per heavy atom. The van der Waals surface area contributed by atoms with Crippen LogP contribution in [0.1, 0.15) is 41.5 Å². The van der Waals surface area contributed by atoms with E-state index in [1.54, 1.807) is 19.1 Å². The van der Waals surface area contributed by atoms with Gasteiger partial charge in [0.1, 0.15) is 10.6 Å². The number of thiophene rings is 1. The van der Waals surface area contributed by atoms with E-state index in [4.69, 9.17) is 9.47 Å². The number of morpholine rings is 1. The number of rotatable bonds is 9. The summed E-state index contributed by atoms with van der Waals surface area (Å²) in [4.78, 5) is 25.9. The summed E-state index contributed by atoms with van der Waals surface area (Å²) < 4.78 is 38.8. The second-order valence-electron chi connectivity index (χ2n) is 8.82. The van der Waals surface area contributed by atoms with Crippen LogP contribution in [-0.4, -0.2) is 62.9 Å². The van der Waals surface area contributed by atoms with Gasteiger partial charge in [0.05, 0.1) is 30.3 Å². The summed E-state index contributed by atoms with van der Waals surface area (Å²) in [5, 5.41) is 5.44. The Morgan fingerprint density at radius 1 is 1.08 bits per heavy atom. The largest absolute Gasteiger partial charge is 0.462 e. The predicted molar refractivity (Wildman–Crippen MR) is 144 cm³/mol. The Bertz CT molecular complexity index is 1360. The molecule has 2 unspecified atom stereocenters. The lowest BCUT2D eigenvalue weighted by Gasteiger charge is -2.34. The Kier molecular flexibility index (Phi) is 8.43. The molecule has 2 heterocycles. The number of sulfonamides is 1. The van der Waals surface area contributed by atoms with Gasteiger partial charge < -0.3 is 14.8 Å². The molecule has 10 heteroatoms. The molecular formula is C27H30N2O6S2. The number of carbonyl (C=O) groups is 2. The molecule has 1 aromatic heterocycles. The van der Waals surface area contributed by atoms with Crippen molar-refractivity contribution in [3.05, 3.63) is 71.1 Å². The van der Waals surface area contributed by atoms with Crippen molar-refractivity contribution in [1.29, 1.82) is 0 Å². The molecule has 0 aliphatic carbocycles. The van der Waals surface area contributed by atoms with Crippen LogP contribution >= 0.6 is 11.3 Å². The van der Waals surface area contributed by atoms with Gasteiger partial charge >= 0.3 is 5.97 Å². The SMILES string of the molecule is CCOC(=O)c1c(-c2ccccc2)csc1NCC(=O)c1cccc(S(=O)(=O)N2CC(C)OC(C)C2)c1. The number of benzene rings is 2. The van der Waals surface area contributed by atoms with Gasteiger partial charge in [-0.2, -0.15) is 4.31 Å². The average molecular weight is 543 g/mol. The standard InChI is InChI=1S/C27H30N2O6S2/c1-4-34-27(31)25-23(20-9-6-5-7-10-20)17-36-26(25)28-14-24(30)21-11-8-12-22(13-21)37(32,33)29-15-18(2)35-19(3)16-29/h5-13,17-19,28H,4,14-16H2,1-3H3. The van der Waals surface area contributed by atoms with E-state index >= 15 is 0 Å². The van der Waals surface area contributed by atoms with Crippen molar-refractivity contribution in [1.82, 2.24) is 4.31 Å². The molecular weight excluding hydrogens is 512 g/mol. The molecule has 0 radical (unpaired) electrons. The lowest BCUT2D eigenvalue weighted by Crippen LogP contribution is -2.48. The molecule has 37 heavy (non-hydrogen) atoms. The Morgan fingerprint density at radius 2 is 1.78 bits per heavy atom. The van der Waals surface area contributed by atoms with Crippen LogP contribution in [-0.2, 0) is 19.5 Å². The van der Waals surface area contributed by atoms with Gasteiger partial charge in [-0.15, -0.1) is 11.3 Å². The van der Waals surface area contributed by atoms with Crippen molar-refractivity contribution in [2.75, 3.05) is 31.6 Å². The first kappa shape index (κ1) is 27.0. The fraction of sp³-hybridized carbons (Fsp3) is 0.333. The highest BCUT2D eigenvalue weighted by Gasteiger charge is 2.32. The van der Waals surface area contributed by atoms with Crippen LogP contribution in [0.15, 0.2) is 64.9 Å². The maximum atomic E-state index is 13.2. The highest BCUT2D eigenvalue weighted by atomic mass is 32.2. The summed E-state index contributed by atoms with van der Waals surface area (Å²) in [6, 6.07) is 15.5. The van der Waals surface area contributed by atoms with E-state index in [2.05, 4.69) is 5.32 Å². The molecule has 3 aromatic rings. The molecule has 0 saturated carbocycles. The molecule has 1 N–H and O–H groups in total. The van der Waals surface area contributed by atoms with Crippen molar-refractivity contribution >= 4 is 38.1 Å². The van der Waals surface area contributed by atoms with Gasteiger partial charge in [-0.25, -0.2) is 13.2 Å². The normalized spacial score (nSPS) is 18.4. The summed E-state index contributed by atoms with van der Waals surface area (Å²) >= 11 is 1.31. The quantitative estimate of drug-likeness (QED) is 0.309. The number of carbonyl (C=O) groups excluding carboxylic acids is 2. The first-order valence-electron chi connectivity index (χ1n) is 12.1. The van der Waals surface area contributed by atoms with Gasteiger partial charge in [0, 0.05) is 29.6 Å². The van der Waals surface area contributed by atoms with Crippen LogP contribution in [0.4, 0.5) is 5.00 Å². The summed E-state index contributed by atoms with van der Waals surface area (Å²) in [6.07, 6.45) is -0.430. The van der Waals surface area contributed by atoms with Crippen molar-refractivity contribution in [2.45, 2.75) is 37.9 Å². The third-order valence-electron chi connectivity index (χ3n) is 5.94. The molecule has 2 aromatic carbocycles. The topological polar surface area (TPSA) is 102 Å². The smallest absolute Gasteiger partial charge is 0.341 e. The molecule has 1 fully saturated rings. The molecule has 1 saturated heterocycles. The number of esters is 1. The maximum absolute atomic E-state index is 13.2. The number of ketones is 1. The van der Waals surface area contributed by atoms with Crippen molar-refractivity contribution in [2.24, 2.45) is 0 Å². The Balaban J connectivity index is 1.53. The third-order valence-corrected chi connectivity index (χ3v) is 8.71. The number of nitrogens with zero attached hydrogens (tertiary/aromatic N) is 1. The minimum absolute atomic E-state index is 0.0642. The van der Waals surface area contributed by atoms with Crippen LogP contribution in [0.5, 0.6) is 0 Å². The fourth-order valence-electron chi connectivity index (χ4n) is 4.29. The third kappa shape index (κ3) is 6.10. The van der Waals surface area contributed by atoms with E-state index < -0.39 is 16.0 Å². The molecule has 0 spiro atoms. The molecule has 0 amide bonds. The van der Waals surface area contributed by atoms with Gasteiger partial charge in [0.2, 0.25) is 10.0 Å². The zero-order valence-corrected chi connectivity index (χ0v) is 22.6. The number of Topliss-reactive ketones (excluding diaryl/α,β-unsaturated/α-hetero) is 1. The van der Waals surface area contributed by atoms with E-state index in [0.717, 1.165) is 11.1 Å². The fourth-order valence-corrected chi connectivity index (χ4v) is 6.89. The molecule has 2 atom stereocenters. The predicted octanol–water partition coefficient (Wildman–Crippen LogP) is 4.68. The minimum atomic E-state index is -3.78. The van der Waals surface area contributed by atoms with Gasteiger partial charge in [0.15, 0.2) is 5.78 Å². The maximum Gasteiger partial charge on any atom is 0.341 e. The molecule has 196 valence electrons. The van der Waals surface area contributed by atoms with E-state index in [9.17, 15) is 18.0 Å². The number of nitrogens with one attached hydrogen (secondary N) is 1. The van der Waals surface area contributed by atoms with Gasteiger partial charge in [-0.3, -0.25) is 4.79 Å². The summed E-state index contributed by atoms with van der Waals surface area (Å²) in [5.74, 6) is -0.773. The van der Waals surface area contributed by atoms with E-state index in [-0.39, 0.29) is 54.7 Å². The van der Waals surface area contributed by atoms with E-state index in [1.807, 2.05) is 49.6 Å². The lowest BCUT2D eigenvalue weighted by molar-refractivity contribution is -0.0440. The second-order valence-corrected chi connectivity index (χ2v) is 11.6. The molecule has 8 nitrogen and oxygen atoms in total. The van der Waals surface area contributed by atoms with Crippen molar-refractivity contribution in [3.8, 4) is 11.1 Å². The second kappa shape index (κ2) is 11.6. The highest BCUT2D eigenvalue weighted by molar-refractivity contribution is 7.89. The van der Waals surface area contributed by atoms with Crippen LogP contribution in [0, 0.1) is 0 Å². The highest BCUT2D eigenvalue weighted by Crippen LogP contribution is 2.36.